The minimum absolute atomic E-state index is 0.0224. The Bertz CT molecular complexity index is 1910. The van der Waals surface area contributed by atoms with Crippen LogP contribution in [0.25, 0.3) is 24.3 Å². The predicted molar refractivity (Wildman–Crippen MR) is 236 cm³/mol. The summed E-state index contributed by atoms with van der Waals surface area (Å²) < 4.78 is 3.17. The highest BCUT2D eigenvalue weighted by Gasteiger charge is 2.20. The van der Waals surface area contributed by atoms with E-state index in [1.165, 1.54) is 0 Å². The van der Waals surface area contributed by atoms with Gasteiger partial charge in [0.25, 0.3) is 11.8 Å². The van der Waals surface area contributed by atoms with E-state index in [0.29, 0.717) is 26.2 Å². The molecule has 4 aromatic rings. The van der Waals surface area contributed by atoms with Crippen molar-refractivity contribution in [3.63, 3.8) is 0 Å². The SMILES string of the molecule is O=C(C[n+]1ccc(/C=C/c2ccc(N(CCO)CCO)cc2)cc1)NC(CSSCC(NC(=O)C[n+]1ccc(/C=C/c2ccc(N(CCO)CCO)cc2)cc1)C(=O)[O-])C(=O)[O-]. The van der Waals surface area contributed by atoms with E-state index in [-0.39, 0.29) is 51.0 Å². The normalized spacial score (nSPS) is 12.3. The summed E-state index contributed by atoms with van der Waals surface area (Å²) in [5, 5.41) is 65.6. The van der Waals surface area contributed by atoms with Crippen LogP contribution < -0.4 is 39.8 Å². The van der Waals surface area contributed by atoms with E-state index in [1.54, 1.807) is 58.2 Å². The summed E-state index contributed by atoms with van der Waals surface area (Å²) in [6, 6.07) is 19.8. The molecule has 16 nitrogen and oxygen atoms in total. The van der Waals surface area contributed by atoms with Crippen LogP contribution in [0.1, 0.15) is 22.3 Å². The minimum Gasteiger partial charge on any atom is -0.548 e. The zero-order valence-corrected chi connectivity index (χ0v) is 35.7. The Hall–Kier alpha value is -5.76. The Kier molecular flexibility index (Phi) is 20.9. The molecule has 0 fully saturated rings. The first-order valence-electron chi connectivity index (χ1n) is 19.7. The number of nitrogens with zero attached hydrogens (tertiary/aromatic N) is 4. The first kappa shape index (κ1) is 48.9. The minimum atomic E-state index is -1.50. The molecule has 330 valence electrons. The number of carbonyl (C=O) groups excluding carboxylic acids is 4. The van der Waals surface area contributed by atoms with Crippen molar-refractivity contribution in [1.29, 1.82) is 0 Å². The molecule has 0 spiro atoms. The lowest BCUT2D eigenvalue weighted by Gasteiger charge is -2.22. The molecule has 0 bridgehead atoms. The number of aromatic nitrogens is 2. The van der Waals surface area contributed by atoms with Gasteiger partial charge < -0.3 is 60.7 Å². The average molecular weight is 889 g/mol. The maximum Gasteiger partial charge on any atom is 0.286 e. The van der Waals surface area contributed by atoms with Gasteiger partial charge in [0.1, 0.15) is 0 Å². The second-order valence-corrected chi connectivity index (χ2v) is 16.3. The summed E-state index contributed by atoms with van der Waals surface area (Å²) >= 11 is 0. The van der Waals surface area contributed by atoms with Crippen LogP contribution in [0.2, 0.25) is 0 Å². The number of rotatable bonds is 27. The highest BCUT2D eigenvalue weighted by Crippen LogP contribution is 2.23. The van der Waals surface area contributed by atoms with Crippen LogP contribution in [0.5, 0.6) is 0 Å². The number of nitrogens with one attached hydrogen (secondary N) is 2. The van der Waals surface area contributed by atoms with Gasteiger partial charge in [0.15, 0.2) is 24.8 Å². The molecule has 2 aromatic heterocycles. The molecule has 2 aromatic carbocycles. The molecule has 0 aliphatic heterocycles. The number of aliphatic hydroxyl groups excluding tert-OH is 4. The van der Waals surface area contributed by atoms with Crippen LogP contribution in [-0.2, 0) is 32.3 Å². The van der Waals surface area contributed by atoms with Crippen LogP contribution in [0.4, 0.5) is 11.4 Å². The number of benzene rings is 2. The average Bonchev–Trinajstić information content (AvgIpc) is 3.26. The van der Waals surface area contributed by atoms with Gasteiger partial charge in [0, 0.05) is 73.3 Å². The summed E-state index contributed by atoms with van der Waals surface area (Å²) in [5.74, 6) is -4.39. The van der Waals surface area contributed by atoms with Crippen molar-refractivity contribution in [3.05, 3.63) is 120 Å². The molecular weight excluding hydrogens is 837 g/mol. The summed E-state index contributed by atoms with van der Waals surface area (Å²) in [6.07, 6.45) is 14.4. The quantitative estimate of drug-likeness (QED) is 0.0233. The first-order chi connectivity index (χ1) is 30.0. The standard InChI is InChI=1S/C44H52N6O10S2/c51-25-21-49(22-26-52)37-9-5-33(6-10-37)1-3-35-13-17-47(18-14-35)29-41(55)45-39(43(57)58)31-61-62-32-40(44(59)60)46-42(56)30-48-19-15-36(16-20-48)4-2-34-7-11-38(12-8-34)50(23-27-53)24-28-54/h1-20,39-40,51-54H,21-32H2,(H2-2,45,46,55,56,57,58,59,60). The molecule has 0 aliphatic rings. The van der Waals surface area contributed by atoms with Crippen LogP contribution in [0.15, 0.2) is 97.6 Å². The van der Waals surface area contributed by atoms with Gasteiger partial charge in [0.2, 0.25) is 13.1 Å². The number of aliphatic hydroxyl groups is 4. The fraction of sp³-hybridized carbons (Fsp3) is 0.318. The highest BCUT2D eigenvalue weighted by molar-refractivity contribution is 8.76. The Balaban J connectivity index is 1.18. The van der Waals surface area contributed by atoms with Crippen LogP contribution in [0.3, 0.4) is 0 Å². The Morgan fingerprint density at radius 3 is 1.08 bits per heavy atom. The van der Waals surface area contributed by atoms with E-state index in [4.69, 9.17) is 0 Å². The molecule has 6 N–H and O–H groups in total. The maximum absolute atomic E-state index is 12.7. The van der Waals surface area contributed by atoms with Crippen molar-refractivity contribution in [2.75, 3.05) is 73.9 Å². The lowest BCUT2D eigenvalue weighted by molar-refractivity contribution is -0.684. The number of amides is 2. The molecule has 62 heavy (non-hydrogen) atoms. The molecule has 0 aliphatic carbocycles. The molecule has 2 atom stereocenters. The molecule has 18 heteroatoms. The topological polar surface area (TPSA) is 234 Å². The van der Waals surface area contributed by atoms with Gasteiger partial charge in [-0.05, 0) is 46.5 Å². The Morgan fingerprint density at radius 2 is 0.806 bits per heavy atom. The monoisotopic (exact) mass is 888 g/mol. The van der Waals surface area contributed by atoms with E-state index >= 15 is 0 Å². The third kappa shape index (κ3) is 16.9. The number of carbonyl (C=O) groups is 4. The third-order valence-corrected chi connectivity index (χ3v) is 11.6. The number of carboxylic acid groups (broad SMARTS) is 2. The Morgan fingerprint density at radius 1 is 0.516 bits per heavy atom. The second-order valence-electron chi connectivity index (χ2n) is 13.8. The third-order valence-electron chi connectivity index (χ3n) is 9.21. The number of hydrogen-bond donors (Lipinski definition) is 6. The van der Waals surface area contributed by atoms with Crippen LogP contribution in [-0.4, -0.2) is 120 Å². The van der Waals surface area contributed by atoms with E-state index in [0.717, 1.165) is 55.2 Å². The van der Waals surface area contributed by atoms with Gasteiger partial charge >= 0.3 is 0 Å². The molecule has 0 saturated carbocycles. The van der Waals surface area contributed by atoms with Gasteiger partial charge in [-0.3, -0.25) is 9.59 Å². The molecule has 0 saturated heterocycles. The van der Waals surface area contributed by atoms with Gasteiger partial charge in [-0.25, -0.2) is 0 Å². The van der Waals surface area contributed by atoms with Crippen molar-refractivity contribution >= 4 is 81.0 Å². The number of anilines is 2. The maximum atomic E-state index is 12.7. The van der Waals surface area contributed by atoms with E-state index in [2.05, 4.69) is 10.6 Å². The number of aliphatic carboxylic acids is 2. The number of pyridine rings is 2. The first-order valence-corrected chi connectivity index (χ1v) is 22.2. The van der Waals surface area contributed by atoms with E-state index in [1.807, 2.05) is 82.6 Å². The lowest BCUT2D eigenvalue weighted by Crippen LogP contribution is -2.53. The summed E-state index contributed by atoms with van der Waals surface area (Å²) in [7, 11) is 2.01. The van der Waals surface area contributed by atoms with Crippen molar-refractivity contribution in [3.8, 4) is 0 Å². The van der Waals surface area contributed by atoms with Crippen molar-refractivity contribution in [2.24, 2.45) is 0 Å². The molecule has 2 amide bonds. The van der Waals surface area contributed by atoms with Crippen molar-refractivity contribution in [1.82, 2.24) is 10.6 Å². The van der Waals surface area contributed by atoms with Gasteiger partial charge in [-0.2, -0.15) is 9.13 Å². The highest BCUT2D eigenvalue weighted by atomic mass is 33.1. The fourth-order valence-corrected chi connectivity index (χ4v) is 8.25. The van der Waals surface area contributed by atoms with Crippen LogP contribution >= 0.6 is 21.6 Å². The molecule has 2 unspecified atom stereocenters. The predicted octanol–water partition coefficient (Wildman–Crippen LogP) is -1.26. The van der Waals surface area contributed by atoms with Crippen molar-refractivity contribution < 1.29 is 59.0 Å². The zero-order valence-electron chi connectivity index (χ0n) is 34.0. The van der Waals surface area contributed by atoms with E-state index in [9.17, 15) is 49.8 Å². The zero-order chi connectivity index (χ0) is 44.7. The largest absolute Gasteiger partial charge is 0.548 e. The molecule has 2 heterocycles. The smallest absolute Gasteiger partial charge is 0.286 e. The summed E-state index contributed by atoms with van der Waals surface area (Å²) in [4.78, 5) is 52.8. The number of carboxylic acids is 2. The summed E-state index contributed by atoms with van der Waals surface area (Å²) in [6.45, 7) is 1.26. The molecule has 0 radical (unpaired) electrons. The molecular formula is C44H52N6O10S2. The summed E-state index contributed by atoms with van der Waals surface area (Å²) in [5.41, 5.74) is 5.37. The Labute approximate surface area is 368 Å². The van der Waals surface area contributed by atoms with Crippen molar-refractivity contribution in [2.45, 2.75) is 25.2 Å². The van der Waals surface area contributed by atoms with Gasteiger partial charge in [-0.15, -0.1) is 0 Å². The van der Waals surface area contributed by atoms with Crippen LogP contribution in [0, 0.1) is 0 Å². The lowest BCUT2D eigenvalue weighted by atomic mass is 10.1. The van der Waals surface area contributed by atoms with Gasteiger partial charge in [-0.1, -0.05) is 70.2 Å². The second kappa shape index (κ2) is 26.5. The van der Waals surface area contributed by atoms with Gasteiger partial charge in [0.05, 0.1) is 50.4 Å². The fourth-order valence-electron chi connectivity index (χ4n) is 5.95. The van der Waals surface area contributed by atoms with E-state index < -0.39 is 35.8 Å². The molecule has 4 rings (SSSR count). The number of hydrogen-bond acceptors (Lipinski definition) is 14.